The molecule has 1 amide bonds. The van der Waals surface area contributed by atoms with E-state index in [0.717, 1.165) is 42.2 Å². The Morgan fingerprint density at radius 2 is 2.19 bits per heavy atom. The smallest absolute Gasteiger partial charge is 0.233 e. The zero-order valence-corrected chi connectivity index (χ0v) is 17.2. The van der Waals surface area contributed by atoms with E-state index < -0.39 is 0 Å². The quantitative estimate of drug-likeness (QED) is 0.499. The zero-order valence-electron chi connectivity index (χ0n) is 14.7. The number of methoxy groups -OCH3 is 1. The lowest BCUT2D eigenvalue weighted by Crippen LogP contribution is -2.48. The first-order chi connectivity index (χ1) is 12.7. The molecule has 1 aliphatic heterocycles. The number of hydrogen-bond donors (Lipinski definition) is 1. The predicted molar refractivity (Wildman–Crippen MR) is 107 cm³/mol. The molecule has 1 saturated heterocycles. The maximum Gasteiger partial charge on any atom is 0.233 e. The highest BCUT2D eigenvalue weighted by Gasteiger charge is 2.21. The monoisotopic (exact) mass is 413 g/mol. The first-order valence-corrected chi connectivity index (χ1v) is 11.1. The Morgan fingerprint density at radius 3 is 2.92 bits per heavy atom. The zero-order chi connectivity index (χ0) is 18.2. The van der Waals surface area contributed by atoms with E-state index in [1.807, 2.05) is 4.90 Å². The van der Waals surface area contributed by atoms with Crippen molar-refractivity contribution in [3.8, 4) is 0 Å². The molecule has 1 aliphatic rings. The Labute approximate surface area is 165 Å². The highest BCUT2D eigenvalue weighted by molar-refractivity contribution is 8.01. The predicted octanol–water partition coefficient (Wildman–Crippen LogP) is 2.09. The summed E-state index contributed by atoms with van der Waals surface area (Å²) in [5.41, 5.74) is 0. The van der Waals surface area contributed by atoms with E-state index in [2.05, 4.69) is 37.9 Å². The number of anilines is 1. The molecule has 0 aromatic carbocycles. The Hall–Kier alpha value is -1.20. The van der Waals surface area contributed by atoms with Crippen molar-refractivity contribution >= 4 is 45.5 Å². The van der Waals surface area contributed by atoms with Gasteiger partial charge in [-0.15, -0.1) is 21.5 Å². The summed E-state index contributed by atoms with van der Waals surface area (Å²) in [4.78, 5) is 18.2. The van der Waals surface area contributed by atoms with Crippen molar-refractivity contribution in [1.29, 1.82) is 0 Å². The third-order valence-corrected chi connectivity index (χ3v) is 6.85. The van der Waals surface area contributed by atoms with Crippen molar-refractivity contribution in [2.75, 3.05) is 57.5 Å². The maximum absolute atomic E-state index is 12.4. The second kappa shape index (κ2) is 10.2. The molecule has 0 aliphatic carbocycles. The van der Waals surface area contributed by atoms with Gasteiger partial charge in [0.2, 0.25) is 11.0 Å². The number of nitrogens with zero attached hydrogens (tertiary/aromatic N) is 4. The molecule has 1 fully saturated rings. The molecule has 7 nitrogen and oxygen atoms in total. The molecule has 0 bridgehead atoms. The van der Waals surface area contributed by atoms with Crippen LogP contribution < -0.4 is 5.32 Å². The normalized spacial score (nSPS) is 15.3. The summed E-state index contributed by atoms with van der Waals surface area (Å²) >= 11 is 4.72. The van der Waals surface area contributed by atoms with E-state index in [9.17, 15) is 4.79 Å². The Bertz CT molecular complexity index is 671. The van der Waals surface area contributed by atoms with Crippen molar-refractivity contribution in [3.05, 3.63) is 22.4 Å². The fourth-order valence-corrected chi connectivity index (χ4v) is 5.02. The van der Waals surface area contributed by atoms with E-state index in [1.54, 1.807) is 18.4 Å². The SMILES string of the molecule is COCCNc1nnc(SCC(=O)N2CCN(Cc3cccs3)CC2)s1. The fourth-order valence-electron chi connectivity index (χ4n) is 2.59. The van der Waals surface area contributed by atoms with Crippen LogP contribution in [0.15, 0.2) is 21.9 Å². The lowest BCUT2D eigenvalue weighted by molar-refractivity contribution is -0.130. The molecule has 0 atom stereocenters. The summed E-state index contributed by atoms with van der Waals surface area (Å²) in [5.74, 6) is 0.590. The summed E-state index contributed by atoms with van der Waals surface area (Å²) < 4.78 is 5.80. The van der Waals surface area contributed by atoms with Gasteiger partial charge in [0.15, 0.2) is 4.34 Å². The van der Waals surface area contributed by atoms with Gasteiger partial charge in [0, 0.05) is 51.3 Å². The van der Waals surface area contributed by atoms with Gasteiger partial charge < -0.3 is 15.0 Å². The number of carbonyl (C=O) groups excluding carboxylic acids is 1. The van der Waals surface area contributed by atoms with E-state index in [-0.39, 0.29) is 5.91 Å². The minimum absolute atomic E-state index is 0.176. The van der Waals surface area contributed by atoms with Gasteiger partial charge in [-0.25, -0.2) is 0 Å². The Balaban J connectivity index is 1.36. The summed E-state index contributed by atoms with van der Waals surface area (Å²) in [7, 11) is 1.66. The lowest BCUT2D eigenvalue weighted by Gasteiger charge is -2.34. The van der Waals surface area contributed by atoms with Crippen LogP contribution in [0.2, 0.25) is 0 Å². The maximum atomic E-state index is 12.4. The van der Waals surface area contributed by atoms with Crippen LogP contribution in [0.5, 0.6) is 0 Å². The molecule has 142 valence electrons. The van der Waals surface area contributed by atoms with Gasteiger partial charge in [-0.3, -0.25) is 9.69 Å². The molecule has 0 radical (unpaired) electrons. The molecular formula is C16H23N5O2S3. The van der Waals surface area contributed by atoms with Crippen LogP contribution >= 0.6 is 34.4 Å². The molecule has 0 saturated carbocycles. The molecule has 3 heterocycles. The summed E-state index contributed by atoms with van der Waals surface area (Å²) in [6, 6.07) is 4.25. The number of hydrogen-bond acceptors (Lipinski definition) is 9. The van der Waals surface area contributed by atoms with Crippen LogP contribution in [0, 0.1) is 0 Å². The number of thioether (sulfide) groups is 1. The topological polar surface area (TPSA) is 70.6 Å². The molecule has 3 rings (SSSR count). The Kier molecular flexibility index (Phi) is 7.69. The van der Waals surface area contributed by atoms with Crippen LogP contribution in [0.4, 0.5) is 5.13 Å². The molecular weight excluding hydrogens is 390 g/mol. The van der Waals surface area contributed by atoms with Crippen LogP contribution in [0.1, 0.15) is 4.88 Å². The van der Waals surface area contributed by atoms with Crippen LogP contribution in [0.3, 0.4) is 0 Å². The lowest BCUT2D eigenvalue weighted by atomic mass is 10.3. The van der Waals surface area contributed by atoms with Crippen LogP contribution in [-0.2, 0) is 16.1 Å². The third-order valence-electron chi connectivity index (χ3n) is 3.99. The summed E-state index contributed by atoms with van der Waals surface area (Å²) in [6.07, 6.45) is 0. The minimum Gasteiger partial charge on any atom is -0.383 e. The van der Waals surface area contributed by atoms with Gasteiger partial charge in [-0.2, -0.15) is 0 Å². The van der Waals surface area contributed by atoms with Crippen molar-refractivity contribution in [2.45, 2.75) is 10.9 Å². The van der Waals surface area contributed by atoms with Gasteiger partial charge in [-0.05, 0) is 11.4 Å². The second-order valence-electron chi connectivity index (χ2n) is 5.82. The number of aromatic nitrogens is 2. The average molecular weight is 414 g/mol. The number of piperazine rings is 1. The van der Waals surface area contributed by atoms with Gasteiger partial charge in [0.1, 0.15) is 0 Å². The number of carbonyl (C=O) groups is 1. The minimum atomic E-state index is 0.176. The van der Waals surface area contributed by atoms with Gasteiger partial charge in [0.25, 0.3) is 0 Å². The number of thiophene rings is 1. The second-order valence-corrected chi connectivity index (χ2v) is 9.05. The van der Waals surface area contributed by atoms with Gasteiger partial charge in [0.05, 0.1) is 12.4 Å². The largest absolute Gasteiger partial charge is 0.383 e. The molecule has 26 heavy (non-hydrogen) atoms. The van der Waals surface area contributed by atoms with E-state index >= 15 is 0 Å². The van der Waals surface area contributed by atoms with E-state index in [0.29, 0.717) is 18.9 Å². The van der Waals surface area contributed by atoms with Crippen molar-refractivity contribution in [2.24, 2.45) is 0 Å². The first-order valence-electron chi connectivity index (χ1n) is 8.46. The molecule has 0 unspecified atom stereocenters. The average Bonchev–Trinajstić information content (AvgIpc) is 3.33. The number of amides is 1. The van der Waals surface area contributed by atoms with Crippen molar-refractivity contribution in [3.63, 3.8) is 0 Å². The number of nitrogens with one attached hydrogen (secondary N) is 1. The highest BCUT2D eigenvalue weighted by atomic mass is 32.2. The van der Waals surface area contributed by atoms with Gasteiger partial charge in [-0.1, -0.05) is 29.2 Å². The fraction of sp³-hybridized carbons (Fsp3) is 0.562. The van der Waals surface area contributed by atoms with E-state index in [1.165, 1.54) is 28.0 Å². The number of rotatable bonds is 9. The molecule has 2 aromatic heterocycles. The standard InChI is InChI=1S/C16H23N5O2S3/c1-23-9-4-17-15-18-19-16(26-15)25-12-14(22)21-7-5-20(6-8-21)11-13-3-2-10-24-13/h2-3,10H,4-9,11-12H2,1H3,(H,17,18). The molecule has 1 N–H and O–H groups in total. The third kappa shape index (κ3) is 5.92. The summed E-state index contributed by atoms with van der Waals surface area (Å²) in [6.45, 7) is 5.76. The number of ether oxygens (including phenoxy) is 1. The Morgan fingerprint density at radius 1 is 1.35 bits per heavy atom. The molecule has 0 spiro atoms. The van der Waals surface area contributed by atoms with Crippen LogP contribution in [-0.4, -0.2) is 78.1 Å². The summed E-state index contributed by atoms with van der Waals surface area (Å²) in [5, 5.41) is 14.2. The molecule has 2 aromatic rings. The van der Waals surface area contributed by atoms with Crippen molar-refractivity contribution < 1.29 is 9.53 Å². The highest BCUT2D eigenvalue weighted by Crippen LogP contribution is 2.25. The van der Waals surface area contributed by atoms with E-state index in [4.69, 9.17) is 4.74 Å². The molecule has 10 heteroatoms. The van der Waals surface area contributed by atoms with Gasteiger partial charge >= 0.3 is 0 Å². The van der Waals surface area contributed by atoms with Crippen molar-refractivity contribution in [1.82, 2.24) is 20.0 Å². The van der Waals surface area contributed by atoms with Crippen LogP contribution in [0.25, 0.3) is 0 Å². The first kappa shape index (κ1) is 19.6.